The second kappa shape index (κ2) is 9.85. The van der Waals surface area contributed by atoms with Crippen molar-refractivity contribution in [1.29, 1.82) is 0 Å². The summed E-state index contributed by atoms with van der Waals surface area (Å²) in [6.45, 7) is 0.512. The molecule has 10 heteroatoms. The number of hydrogen-bond acceptors (Lipinski definition) is 4. The van der Waals surface area contributed by atoms with Crippen molar-refractivity contribution < 1.29 is 13.9 Å². The number of nitrogens with one attached hydrogen (secondary N) is 2. The number of carbonyl (C=O) groups excluding carboxylic acids is 1. The van der Waals surface area contributed by atoms with Crippen LogP contribution >= 0.6 is 28.1 Å². The van der Waals surface area contributed by atoms with Crippen molar-refractivity contribution >= 4 is 39.2 Å². The van der Waals surface area contributed by atoms with Gasteiger partial charge in [0.2, 0.25) is 0 Å². The Morgan fingerprint density at radius 1 is 1.14 bits per heavy atom. The van der Waals surface area contributed by atoms with E-state index in [2.05, 4.69) is 32.6 Å². The summed E-state index contributed by atoms with van der Waals surface area (Å²) in [4.78, 5) is 14.7. The lowest BCUT2D eigenvalue weighted by atomic mass is 9.96. The first kappa shape index (κ1) is 24.0. The van der Waals surface area contributed by atoms with Gasteiger partial charge in [-0.25, -0.2) is 9.07 Å². The number of allylic oxidation sites excluding steroid dienone is 2. The standard InChI is InChI=1S/C27H23BrFN5O2S/c28-18-4-8-20(9-5-18)34-14-21(25(32-34)17-2-6-19(29)7-3-17)26-33(24(35)15-36-26)12-11-16-1-10-22-23(13-16)31-27(37)30-22/h1-10,14,23,26H,11-13,15H2,(H2,30,31,37). The molecule has 3 heterocycles. The van der Waals surface area contributed by atoms with Crippen LogP contribution in [0.4, 0.5) is 4.39 Å². The predicted molar refractivity (Wildman–Crippen MR) is 145 cm³/mol. The van der Waals surface area contributed by atoms with Crippen molar-refractivity contribution in [2.75, 3.05) is 13.2 Å². The molecule has 0 spiro atoms. The molecule has 2 unspecified atom stereocenters. The van der Waals surface area contributed by atoms with E-state index in [-0.39, 0.29) is 24.4 Å². The number of fused-ring (bicyclic) bond motifs is 1. The molecule has 188 valence electrons. The zero-order valence-electron chi connectivity index (χ0n) is 19.7. The van der Waals surface area contributed by atoms with Gasteiger partial charge >= 0.3 is 0 Å². The third-order valence-electron chi connectivity index (χ3n) is 6.76. The van der Waals surface area contributed by atoms with Crippen molar-refractivity contribution in [3.8, 4) is 16.9 Å². The molecule has 2 fully saturated rings. The lowest BCUT2D eigenvalue weighted by molar-refractivity contribution is -0.128. The molecule has 1 aliphatic carbocycles. The summed E-state index contributed by atoms with van der Waals surface area (Å²) in [5.74, 6) is -0.391. The lowest BCUT2D eigenvalue weighted by Gasteiger charge is -2.25. The van der Waals surface area contributed by atoms with Gasteiger partial charge in [-0.2, -0.15) is 5.10 Å². The maximum atomic E-state index is 13.7. The number of carbonyl (C=O) groups is 1. The molecular weight excluding hydrogens is 557 g/mol. The zero-order valence-corrected chi connectivity index (χ0v) is 22.1. The summed E-state index contributed by atoms with van der Waals surface area (Å²) in [6.07, 6.45) is 6.99. The van der Waals surface area contributed by atoms with Crippen LogP contribution in [0.1, 0.15) is 24.6 Å². The Labute approximate surface area is 227 Å². The summed E-state index contributed by atoms with van der Waals surface area (Å²) in [7, 11) is 0. The smallest absolute Gasteiger partial charge is 0.250 e. The van der Waals surface area contributed by atoms with Crippen LogP contribution in [-0.2, 0) is 9.53 Å². The highest BCUT2D eigenvalue weighted by Gasteiger charge is 2.36. The number of amides is 1. The molecule has 2 atom stereocenters. The first-order valence-corrected chi connectivity index (χ1v) is 13.1. The average molecular weight is 580 g/mol. The quantitative estimate of drug-likeness (QED) is 0.411. The molecule has 2 saturated heterocycles. The van der Waals surface area contributed by atoms with Gasteiger partial charge in [-0.3, -0.25) is 4.79 Å². The lowest BCUT2D eigenvalue weighted by Crippen LogP contribution is -2.31. The van der Waals surface area contributed by atoms with Gasteiger partial charge in [0.1, 0.15) is 18.1 Å². The van der Waals surface area contributed by atoms with Crippen LogP contribution in [0, 0.1) is 5.82 Å². The minimum Gasteiger partial charge on any atom is -0.354 e. The topological polar surface area (TPSA) is 71.4 Å². The van der Waals surface area contributed by atoms with E-state index in [4.69, 9.17) is 22.1 Å². The highest BCUT2D eigenvalue weighted by Crippen LogP contribution is 2.36. The van der Waals surface area contributed by atoms with Crippen LogP contribution in [0.5, 0.6) is 0 Å². The Hall–Kier alpha value is -3.34. The number of thiocarbonyl (C=S) groups is 1. The highest BCUT2D eigenvalue weighted by molar-refractivity contribution is 9.10. The summed E-state index contributed by atoms with van der Waals surface area (Å²) < 4.78 is 22.4. The monoisotopic (exact) mass is 579 g/mol. The van der Waals surface area contributed by atoms with E-state index in [0.717, 1.165) is 33.4 Å². The SMILES string of the molecule is O=C1COC(c2cn(-c3ccc(Br)cc3)nc2-c2ccc(F)cc2)N1CCC1=CC=C2NC(=S)NC2C1. The van der Waals surface area contributed by atoms with Crippen LogP contribution in [0.15, 0.2) is 82.6 Å². The Kier molecular flexibility index (Phi) is 6.39. The fraction of sp³-hybridized carbons (Fsp3) is 0.222. The van der Waals surface area contributed by atoms with E-state index in [9.17, 15) is 9.18 Å². The summed E-state index contributed by atoms with van der Waals surface area (Å²) in [5.41, 5.74) is 5.32. The molecule has 1 aromatic heterocycles. The molecule has 3 aromatic rings. The van der Waals surface area contributed by atoms with Crippen LogP contribution in [-0.4, -0.2) is 44.9 Å². The first-order chi connectivity index (χ1) is 17.9. The zero-order chi connectivity index (χ0) is 25.5. The number of hydrogen-bond donors (Lipinski definition) is 2. The van der Waals surface area contributed by atoms with Crippen LogP contribution < -0.4 is 10.6 Å². The Bertz CT molecular complexity index is 1430. The van der Waals surface area contributed by atoms with Gasteiger partial charge in [0.05, 0.1) is 11.7 Å². The van der Waals surface area contributed by atoms with Gasteiger partial charge in [-0.1, -0.05) is 27.6 Å². The molecule has 1 amide bonds. The Morgan fingerprint density at radius 3 is 2.70 bits per heavy atom. The van der Waals surface area contributed by atoms with Gasteiger partial charge in [0, 0.05) is 34.0 Å². The minimum absolute atomic E-state index is 0.00244. The van der Waals surface area contributed by atoms with Crippen molar-refractivity contribution in [3.05, 3.63) is 94.0 Å². The van der Waals surface area contributed by atoms with Crippen molar-refractivity contribution in [2.24, 2.45) is 0 Å². The molecule has 6 rings (SSSR count). The van der Waals surface area contributed by atoms with Crippen molar-refractivity contribution in [1.82, 2.24) is 25.3 Å². The van der Waals surface area contributed by atoms with E-state index < -0.39 is 6.23 Å². The number of halogens is 2. The van der Waals surface area contributed by atoms with E-state index in [1.807, 2.05) is 36.5 Å². The maximum absolute atomic E-state index is 13.7. The van der Waals surface area contributed by atoms with E-state index in [1.54, 1.807) is 21.7 Å². The normalized spacial score (nSPS) is 20.9. The summed E-state index contributed by atoms with van der Waals surface area (Å²) in [5, 5.41) is 11.9. The molecule has 0 radical (unpaired) electrons. The summed E-state index contributed by atoms with van der Waals surface area (Å²) in [6, 6.07) is 14.1. The fourth-order valence-electron chi connectivity index (χ4n) is 4.88. The van der Waals surface area contributed by atoms with E-state index >= 15 is 0 Å². The third kappa shape index (κ3) is 4.84. The molecule has 7 nitrogen and oxygen atoms in total. The van der Waals surface area contributed by atoms with Gasteiger partial charge in [-0.15, -0.1) is 0 Å². The van der Waals surface area contributed by atoms with Crippen LogP contribution in [0.2, 0.25) is 0 Å². The van der Waals surface area contributed by atoms with Crippen LogP contribution in [0.25, 0.3) is 16.9 Å². The molecule has 2 N–H and O–H groups in total. The fourth-order valence-corrected chi connectivity index (χ4v) is 5.40. The number of benzene rings is 2. The summed E-state index contributed by atoms with van der Waals surface area (Å²) >= 11 is 8.69. The number of ether oxygens (including phenoxy) is 1. The Balaban J connectivity index is 1.29. The molecule has 37 heavy (non-hydrogen) atoms. The Morgan fingerprint density at radius 2 is 1.92 bits per heavy atom. The maximum Gasteiger partial charge on any atom is 0.250 e. The van der Waals surface area contributed by atoms with Gasteiger partial charge in [0.25, 0.3) is 5.91 Å². The third-order valence-corrected chi connectivity index (χ3v) is 7.51. The van der Waals surface area contributed by atoms with Crippen LogP contribution in [0.3, 0.4) is 0 Å². The second-order valence-corrected chi connectivity index (χ2v) is 10.5. The largest absolute Gasteiger partial charge is 0.354 e. The molecule has 3 aliphatic rings. The minimum atomic E-state index is -0.592. The van der Waals surface area contributed by atoms with E-state index in [1.165, 1.54) is 17.7 Å². The highest BCUT2D eigenvalue weighted by atomic mass is 79.9. The average Bonchev–Trinajstić information content (AvgIpc) is 3.59. The second-order valence-electron chi connectivity index (χ2n) is 9.16. The van der Waals surface area contributed by atoms with Gasteiger partial charge in [0.15, 0.2) is 11.3 Å². The first-order valence-electron chi connectivity index (χ1n) is 11.9. The number of nitrogens with zero attached hydrogens (tertiary/aromatic N) is 3. The van der Waals surface area contributed by atoms with Crippen molar-refractivity contribution in [3.63, 3.8) is 0 Å². The molecular formula is C27H23BrFN5O2S. The molecule has 2 aliphatic heterocycles. The number of rotatable bonds is 6. The van der Waals surface area contributed by atoms with Gasteiger partial charge in [-0.05, 0) is 79.7 Å². The van der Waals surface area contributed by atoms with E-state index in [0.29, 0.717) is 23.8 Å². The molecule has 0 saturated carbocycles. The molecule has 2 aromatic carbocycles. The number of aromatic nitrogens is 2. The van der Waals surface area contributed by atoms with Gasteiger partial charge < -0.3 is 20.3 Å². The predicted octanol–water partition coefficient (Wildman–Crippen LogP) is 4.75. The molecule has 0 bridgehead atoms. The van der Waals surface area contributed by atoms with Crippen molar-refractivity contribution in [2.45, 2.75) is 25.1 Å².